The van der Waals surface area contributed by atoms with Crippen LogP contribution in [-0.4, -0.2) is 82.8 Å². The van der Waals surface area contributed by atoms with Gasteiger partial charge in [-0.3, -0.25) is 4.79 Å². The second kappa shape index (κ2) is 8.35. The summed E-state index contributed by atoms with van der Waals surface area (Å²) < 4.78 is 52.8. The van der Waals surface area contributed by atoms with Crippen molar-refractivity contribution in [3.63, 3.8) is 0 Å². The lowest BCUT2D eigenvalue weighted by Gasteiger charge is -2.39. The Balaban J connectivity index is 1.63. The number of carbonyl (C=O) groups is 1. The second-order valence-corrected chi connectivity index (χ2v) is 9.23. The monoisotopic (exact) mass is 466 g/mol. The Morgan fingerprint density at radius 2 is 2.03 bits per heavy atom. The Hall–Kier alpha value is -3.26. The van der Waals surface area contributed by atoms with Gasteiger partial charge in [0.15, 0.2) is 5.65 Å². The maximum Gasteiger partial charge on any atom is 0.282 e. The molecule has 11 nitrogen and oxygen atoms in total. The number of rotatable bonds is 6. The number of imidazole rings is 1. The summed E-state index contributed by atoms with van der Waals surface area (Å²) in [5.74, 6) is 0.232. The van der Waals surface area contributed by atoms with Crippen molar-refractivity contribution in [3.05, 3.63) is 36.4 Å². The second-order valence-electron chi connectivity index (χ2n) is 7.39. The molecule has 170 valence electrons. The largest absolute Gasteiger partial charge is 0.345 e. The summed E-state index contributed by atoms with van der Waals surface area (Å²) in [5, 5.41) is 3.94. The van der Waals surface area contributed by atoms with Crippen molar-refractivity contribution in [2.24, 2.45) is 0 Å². The number of nitrogens with zero attached hydrogens (tertiary/aromatic N) is 7. The van der Waals surface area contributed by atoms with Crippen LogP contribution >= 0.6 is 0 Å². The minimum atomic E-state index is -3.42. The number of hydrogen-bond acceptors (Lipinski definition) is 8. The third kappa shape index (κ3) is 4.50. The number of carbonyl (C=O) groups excluding carboxylic acids is 1. The maximum absolute atomic E-state index is 13.1. The number of alkyl halides is 2. The Labute approximate surface area is 182 Å². The van der Waals surface area contributed by atoms with Gasteiger partial charge in [0.1, 0.15) is 23.5 Å². The maximum atomic E-state index is 13.1. The van der Waals surface area contributed by atoms with E-state index >= 15 is 0 Å². The molecule has 1 saturated heterocycles. The molecule has 0 aliphatic carbocycles. The van der Waals surface area contributed by atoms with Gasteiger partial charge in [0, 0.05) is 26.2 Å². The smallest absolute Gasteiger partial charge is 0.282 e. The summed E-state index contributed by atoms with van der Waals surface area (Å²) >= 11 is 0. The standard InChI is InChI=1S/C18H20F2N8O3S/c1-26-11(6-24-32(2,30)31)8-27(9-17(26)29)16-5-13(22-10-23-16)14-7-21-15-4-3-12(18(19)20)25-28(14)15/h3-5,7,10-11,18,24H,6,8-9H2,1-2H3/t11-/m1/s1. The third-order valence-corrected chi connectivity index (χ3v) is 5.82. The van der Waals surface area contributed by atoms with E-state index < -0.39 is 28.2 Å². The van der Waals surface area contributed by atoms with E-state index in [1.807, 2.05) is 0 Å². The molecular formula is C18H20F2N8O3S. The molecule has 14 heteroatoms. The normalized spacial score (nSPS) is 17.5. The summed E-state index contributed by atoms with van der Waals surface area (Å²) in [5.41, 5.74) is 0.767. The van der Waals surface area contributed by atoms with E-state index in [-0.39, 0.29) is 19.0 Å². The van der Waals surface area contributed by atoms with Crippen LogP contribution < -0.4 is 9.62 Å². The van der Waals surface area contributed by atoms with Gasteiger partial charge in [-0.05, 0) is 12.1 Å². The Morgan fingerprint density at radius 1 is 1.25 bits per heavy atom. The molecule has 3 aromatic heterocycles. The summed E-state index contributed by atoms with van der Waals surface area (Å²) in [4.78, 5) is 28.3. The molecule has 1 fully saturated rings. The minimum absolute atomic E-state index is 0.0449. The van der Waals surface area contributed by atoms with Crippen molar-refractivity contribution >= 4 is 27.4 Å². The zero-order valence-electron chi connectivity index (χ0n) is 17.2. The molecule has 0 spiro atoms. The zero-order chi connectivity index (χ0) is 23.0. The highest BCUT2D eigenvalue weighted by Crippen LogP contribution is 2.24. The van der Waals surface area contributed by atoms with Gasteiger partial charge in [-0.1, -0.05) is 0 Å². The molecule has 0 bridgehead atoms. The molecule has 4 rings (SSSR count). The molecular weight excluding hydrogens is 446 g/mol. The molecule has 0 radical (unpaired) electrons. The Kier molecular flexibility index (Phi) is 5.73. The highest BCUT2D eigenvalue weighted by atomic mass is 32.2. The molecule has 3 aromatic rings. The Bertz CT molecular complexity index is 1270. The average Bonchev–Trinajstić information content (AvgIpc) is 3.17. The average molecular weight is 466 g/mol. The van der Waals surface area contributed by atoms with Crippen LogP contribution in [0.5, 0.6) is 0 Å². The molecule has 1 aliphatic heterocycles. The first kappa shape index (κ1) is 22.0. The van der Waals surface area contributed by atoms with Crippen molar-refractivity contribution in [2.75, 3.05) is 37.8 Å². The number of sulfonamides is 1. The van der Waals surface area contributed by atoms with Gasteiger partial charge in [0.05, 0.1) is 30.7 Å². The lowest BCUT2D eigenvalue weighted by molar-refractivity contribution is -0.131. The van der Waals surface area contributed by atoms with E-state index in [0.717, 1.165) is 6.26 Å². The lowest BCUT2D eigenvalue weighted by atomic mass is 10.1. The van der Waals surface area contributed by atoms with E-state index in [4.69, 9.17) is 0 Å². The molecule has 0 unspecified atom stereocenters. The van der Waals surface area contributed by atoms with Gasteiger partial charge in [0.25, 0.3) is 6.43 Å². The number of anilines is 1. The first-order valence-corrected chi connectivity index (χ1v) is 11.4. The number of halogens is 2. The van der Waals surface area contributed by atoms with Gasteiger partial charge >= 0.3 is 0 Å². The summed E-state index contributed by atoms with van der Waals surface area (Å²) in [6, 6.07) is 3.86. The summed E-state index contributed by atoms with van der Waals surface area (Å²) in [6.45, 7) is 0.439. The van der Waals surface area contributed by atoms with Crippen LogP contribution in [0, 0.1) is 0 Å². The molecule has 1 amide bonds. The van der Waals surface area contributed by atoms with Gasteiger partial charge in [0.2, 0.25) is 15.9 Å². The predicted octanol–water partition coefficient (Wildman–Crippen LogP) is 0.320. The van der Waals surface area contributed by atoms with Crippen molar-refractivity contribution in [2.45, 2.75) is 12.5 Å². The fourth-order valence-electron chi connectivity index (χ4n) is 3.38. The molecule has 0 saturated carbocycles. The van der Waals surface area contributed by atoms with Crippen LogP contribution in [0.3, 0.4) is 0 Å². The van der Waals surface area contributed by atoms with E-state index in [1.54, 1.807) is 18.0 Å². The van der Waals surface area contributed by atoms with Gasteiger partial charge < -0.3 is 9.80 Å². The quantitative estimate of drug-likeness (QED) is 0.551. The van der Waals surface area contributed by atoms with Crippen molar-refractivity contribution in [1.29, 1.82) is 0 Å². The molecule has 1 N–H and O–H groups in total. The summed E-state index contributed by atoms with van der Waals surface area (Å²) in [7, 11) is -1.80. The first-order valence-electron chi connectivity index (χ1n) is 9.53. The number of nitrogens with one attached hydrogen (secondary N) is 1. The SMILES string of the molecule is CN1C(=O)CN(c2cc(-c3cnc4ccc(C(F)F)nn34)ncn2)C[C@H]1CNS(C)(=O)=O. The number of amides is 1. The third-order valence-electron chi connectivity index (χ3n) is 5.13. The van der Waals surface area contributed by atoms with Crippen LogP contribution in [0.2, 0.25) is 0 Å². The molecule has 32 heavy (non-hydrogen) atoms. The van der Waals surface area contributed by atoms with Crippen molar-refractivity contribution in [1.82, 2.24) is 34.2 Å². The molecule has 1 aliphatic rings. The molecule has 1 atom stereocenters. The van der Waals surface area contributed by atoms with Crippen molar-refractivity contribution < 1.29 is 22.0 Å². The fraction of sp³-hybridized carbons (Fsp3) is 0.389. The van der Waals surface area contributed by atoms with E-state index in [2.05, 4.69) is 24.8 Å². The van der Waals surface area contributed by atoms with Gasteiger partial charge in [-0.15, -0.1) is 0 Å². The molecule has 0 aromatic carbocycles. The van der Waals surface area contributed by atoms with Crippen LogP contribution in [0.4, 0.5) is 14.6 Å². The van der Waals surface area contributed by atoms with Gasteiger partial charge in [-0.2, -0.15) is 5.10 Å². The van der Waals surface area contributed by atoms with E-state index in [9.17, 15) is 22.0 Å². The number of likely N-dealkylation sites (N-methyl/N-ethyl adjacent to an activating group) is 1. The van der Waals surface area contributed by atoms with Crippen molar-refractivity contribution in [3.8, 4) is 11.4 Å². The first-order chi connectivity index (χ1) is 15.1. The highest BCUT2D eigenvalue weighted by Gasteiger charge is 2.31. The summed E-state index contributed by atoms with van der Waals surface area (Å²) in [6.07, 6.45) is 1.09. The van der Waals surface area contributed by atoms with E-state index in [1.165, 1.54) is 34.1 Å². The Morgan fingerprint density at radius 3 is 2.75 bits per heavy atom. The number of fused-ring (bicyclic) bond motifs is 1. The number of hydrogen-bond donors (Lipinski definition) is 1. The number of aromatic nitrogens is 5. The van der Waals surface area contributed by atoms with Crippen LogP contribution in [-0.2, 0) is 14.8 Å². The number of piperazine rings is 1. The predicted molar refractivity (Wildman–Crippen MR) is 111 cm³/mol. The van der Waals surface area contributed by atoms with Crippen LogP contribution in [0.25, 0.3) is 17.0 Å². The fourth-order valence-corrected chi connectivity index (χ4v) is 3.88. The van der Waals surface area contributed by atoms with Crippen LogP contribution in [0.15, 0.2) is 30.7 Å². The van der Waals surface area contributed by atoms with Crippen LogP contribution in [0.1, 0.15) is 12.1 Å². The van der Waals surface area contributed by atoms with Gasteiger partial charge in [-0.25, -0.2) is 41.4 Å². The zero-order valence-corrected chi connectivity index (χ0v) is 18.0. The van der Waals surface area contributed by atoms with E-state index in [0.29, 0.717) is 29.4 Å². The lowest BCUT2D eigenvalue weighted by Crippen LogP contribution is -2.58. The molecule has 4 heterocycles. The topological polar surface area (TPSA) is 126 Å². The minimum Gasteiger partial charge on any atom is -0.345 e. The highest BCUT2D eigenvalue weighted by molar-refractivity contribution is 7.88.